The highest BCUT2D eigenvalue weighted by molar-refractivity contribution is 7.12. The van der Waals surface area contributed by atoms with Crippen molar-refractivity contribution in [3.63, 3.8) is 0 Å². The summed E-state index contributed by atoms with van der Waals surface area (Å²) in [4.78, 5) is 27.1. The van der Waals surface area contributed by atoms with Crippen LogP contribution >= 0.6 is 11.3 Å². The highest BCUT2D eigenvalue weighted by atomic mass is 32.1. The van der Waals surface area contributed by atoms with Crippen LogP contribution in [0.4, 0.5) is 4.79 Å². The van der Waals surface area contributed by atoms with Crippen molar-refractivity contribution in [2.24, 2.45) is 13.0 Å². The van der Waals surface area contributed by atoms with E-state index in [1.807, 2.05) is 61.1 Å². The minimum atomic E-state index is -0.424. The maximum atomic E-state index is 12.9. The number of methoxy groups -OCH3 is 1. The number of benzene rings is 1. The van der Waals surface area contributed by atoms with Gasteiger partial charge in [-0.2, -0.15) is 5.26 Å². The van der Waals surface area contributed by atoms with Gasteiger partial charge in [-0.05, 0) is 66.5 Å². The zero-order valence-corrected chi connectivity index (χ0v) is 22.4. The van der Waals surface area contributed by atoms with Gasteiger partial charge in [0, 0.05) is 41.5 Å². The molecule has 4 rings (SSSR count). The number of carbonyl (C=O) groups excluding carboxylic acids is 2. The van der Waals surface area contributed by atoms with Crippen LogP contribution in [0, 0.1) is 17.2 Å². The number of nitrogens with one attached hydrogen (secondary N) is 1. The Morgan fingerprint density at radius 1 is 1.30 bits per heavy atom. The van der Waals surface area contributed by atoms with Crippen LogP contribution in [0.25, 0.3) is 0 Å². The summed E-state index contributed by atoms with van der Waals surface area (Å²) in [7, 11) is 3.57. The average Bonchev–Trinajstić information content (AvgIpc) is 3.47. The third kappa shape index (κ3) is 6.60. The lowest BCUT2D eigenvalue weighted by molar-refractivity contribution is -0.118. The standard InChI is InChI=1S/C29H33N3O4S/c1-19(21-6-4-8-24(14-21)35-3)12-23(33)15-28-26(16-30)25-10-9-20(13-27(25)37-28)18-36-29(34)31-17-22-7-5-11-32(22)2/h4-8,11,14,19-20H,9-10,12-13,15,17-18H2,1-3H3,(H,31,34). The first-order valence-electron chi connectivity index (χ1n) is 12.6. The number of ketones is 1. The second kappa shape index (κ2) is 12.1. The summed E-state index contributed by atoms with van der Waals surface area (Å²) < 4.78 is 12.7. The van der Waals surface area contributed by atoms with E-state index in [2.05, 4.69) is 11.4 Å². The number of alkyl carbamates (subject to hydrolysis) is 1. The minimum absolute atomic E-state index is 0.0667. The van der Waals surface area contributed by atoms with Crippen molar-refractivity contribution in [2.45, 2.75) is 51.5 Å². The molecule has 1 amide bonds. The number of ether oxygens (including phenoxy) is 2. The molecule has 1 aliphatic rings. The summed E-state index contributed by atoms with van der Waals surface area (Å²) in [5.41, 5.74) is 3.80. The summed E-state index contributed by atoms with van der Waals surface area (Å²) in [5, 5.41) is 12.6. The van der Waals surface area contributed by atoms with Crippen LogP contribution in [0.2, 0.25) is 0 Å². The van der Waals surface area contributed by atoms with Crippen LogP contribution in [-0.4, -0.2) is 30.2 Å². The van der Waals surface area contributed by atoms with Gasteiger partial charge < -0.3 is 19.4 Å². The molecule has 2 unspecified atom stereocenters. The van der Waals surface area contributed by atoms with Gasteiger partial charge in [-0.3, -0.25) is 4.79 Å². The number of hydrogen-bond donors (Lipinski definition) is 1. The maximum Gasteiger partial charge on any atom is 0.407 e. The molecule has 0 bridgehead atoms. The summed E-state index contributed by atoms with van der Waals surface area (Å²) in [6.45, 7) is 2.80. The summed E-state index contributed by atoms with van der Waals surface area (Å²) >= 11 is 1.57. The molecule has 0 spiro atoms. The third-order valence-electron chi connectivity index (χ3n) is 7.02. The van der Waals surface area contributed by atoms with Crippen LogP contribution in [0.3, 0.4) is 0 Å². The molecule has 0 aliphatic heterocycles. The van der Waals surface area contributed by atoms with Gasteiger partial charge in [0.15, 0.2) is 0 Å². The number of nitriles is 1. The zero-order valence-electron chi connectivity index (χ0n) is 21.6. The molecule has 194 valence electrons. The quantitative estimate of drug-likeness (QED) is 0.392. The predicted molar refractivity (Wildman–Crippen MR) is 143 cm³/mol. The van der Waals surface area contributed by atoms with Gasteiger partial charge in [0.05, 0.1) is 25.8 Å². The molecule has 1 N–H and O–H groups in total. The summed E-state index contributed by atoms with van der Waals surface area (Å²) in [6, 6.07) is 14.0. The van der Waals surface area contributed by atoms with Crippen molar-refractivity contribution in [1.29, 1.82) is 5.26 Å². The first kappa shape index (κ1) is 26.5. The molecule has 8 heteroatoms. The second-order valence-electron chi connectivity index (χ2n) is 9.68. The van der Waals surface area contributed by atoms with Gasteiger partial charge in [-0.1, -0.05) is 19.1 Å². The largest absolute Gasteiger partial charge is 0.497 e. The number of thiophene rings is 1. The molecule has 1 aromatic carbocycles. The van der Waals surface area contributed by atoms with Crippen LogP contribution in [0.15, 0.2) is 42.6 Å². The lowest BCUT2D eigenvalue weighted by atomic mass is 9.87. The van der Waals surface area contributed by atoms with Crippen LogP contribution in [0.5, 0.6) is 5.75 Å². The topological polar surface area (TPSA) is 93.4 Å². The molecule has 2 heterocycles. The van der Waals surface area contributed by atoms with Gasteiger partial charge in [0.25, 0.3) is 0 Å². The minimum Gasteiger partial charge on any atom is -0.497 e. The highest BCUT2D eigenvalue weighted by Crippen LogP contribution is 2.37. The Hall–Kier alpha value is -3.57. The fourth-order valence-electron chi connectivity index (χ4n) is 4.85. The van der Waals surface area contributed by atoms with E-state index in [1.54, 1.807) is 18.4 Å². The van der Waals surface area contributed by atoms with E-state index in [0.717, 1.165) is 51.6 Å². The zero-order chi connectivity index (χ0) is 26.4. The number of carbonyl (C=O) groups is 2. The van der Waals surface area contributed by atoms with Crippen molar-refractivity contribution in [3.8, 4) is 11.8 Å². The SMILES string of the molecule is COc1cccc(C(C)CC(=O)Cc2sc3c(c2C#N)CCC(COC(=O)NCc2cccn2C)C3)c1. The predicted octanol–water partition coefficient (Wildman–Crippen LogP) is 5.30. The van der Waals surface area contributed by atoms with Gasteiger partial charge >= 0.3 is 6.09 Å². The summed E-state index contributed by atoms with van der Waals surface area (Å²) in [6.07, 6.45) is 4.57. The van der Waals surface area contributed by atoms with Gasteiger partial charge in [-0.15, -0.1) is 11.3 Å². The first-order chi connectivity index (χ1) is 17.9. The third-order valence-corrected chi connectivity index (χ3v) is 8.28. The lowest BCUT2D eigenvalue weighted by Crippen LogP contribution is -2.28. The molecule has 2 atom stereocenters. The molecule has 2 aromatic heterocycles. The van der Waals surface area contributed by atoms with E-state index >= 15 is 0 Å². The van der Waals surface area contributed by atoms with Crippen molar-refractivity contribution in [2.75, 3.05) is 13.7 Å². The number of fused-ring (bicyclic) bond motifs is 1. The van der Waals surface area contributed by atoms with Crippen LogP contribution in [0.1, 0.15) is 57.8 Å². The molecular formula is C29H33N3O4S. The fourth-order valence-corrected chi connectivity index (χ4v) is 6.30. The number of rotatable bonds is 10. The smallest absolute Gasteiger partial charge is 0.407 e. The Morgan fingerprint density at radius 3 is 2.86 bits per heavy atom. The van der Waals surface area contributed by atoms with Crippen LogP contribution in [-0.2, 0) is 42.4 Å². The number of amides is 1. The van der Waals surface area contributed by atoms with Crippen molar-refractivity contribution in [3.05, 3.63) is 74.7 Å². The Morgan fingerprint density at radius 2 is 2.14 bits per heavy atom. The Labute approximate surface area is 222 Å². The molecule has 3 aromatic rings. The van der Waals surface area contributed by atoms with Crippen molar-refractivity contribution < 1.29 is 19.1 Å². The van der Waals surface area contributed by atoms with E-state index in [0.29, 0.717) is 25.1 Å². The molecule has 0 radical (unpaired) electrons. The second-order valence-corrected chi connectivity index (χ2v) is 10.9. The van der Waals surface area contributed by atoms with E-state index in [9.17, 15) is 14.9 Å². The van der Waals surface area contributed by atoms with Crippen molar-refractivity contribution in [1.82, 2.24) is 9.88 Å². The van der Waals surface area contributed by atoms with Crippen molar-refractivity contribution >= 4 is 23.2 Å². The Bertz CT molecular complexity index is 1300. The number of nitrogens with zero attached hydrogens (tertiary/aromatic N) is 2. The number of aromatic nitrogens is 1. The molecule has 37 heavy (non-hydrogen) atoms. The number of aryl methyl sites for hydroxylation is 1. The average molecular weight is 520 g/mol. The number of hydrogen-bond acceptors (Lipinski definition) is 6. The Balaban J connectivity index is 1.31. The van der Waals surface area contributed by atoms with Gasteiger partial charge in [-0.25, -0.2) is 4.79 Å². The molecule has 1 aliphatic carbocycles. The normalized spacial score (nSPS) is 15.4. The van der Waals surface area contributed by atoms with E-state index < -0.39 is 6.09 Å². The maximum absolute atomic E-state index is 12.9. The van der Waals surface area contributed by atoms with E-state index in [4.69, 9.17) is 9.47 Å². The fraction of sp³-hybridized carbons (Fsp3) is 0.414. The van der Waals surface area contributed by atoms with E-state index in [-0.39, 0.29) is 24.0 Å². The Kier molecular flexibility index (Phi) is 8.67. The molecule has 7 nitrogen and oxygen atoms in total. The molecule has 0 saturated heterocycles. The highest BCUT2D eigenvalue weighted by Gasteiger charge is 2.27. The first-order valence-corrected chi connectivity index (χ1v) is 13.4. The number of Topliss-reactive ketones (excluding diaryl/α,β-unsaturated/α-hetero) is 1. The monoisotopic (exact) mass is 519 g/mol. The lowest BCUT2D eigenvalue weighted by Gasteiger charge is -2.22. The molecular weight excluding hydrogens is 486 g/mol. The summed E-state index contributed by atoms with van der Waals surface area (Å²) in [5.74, 6) is 1.17. The molecule has 0 fully saturated rings. The molecule has 0 saturated carbocycles. The van der Waals surface area contributed by atoms with Gasteiger partial charge in [0.2, 0.25) is 0 Å². The van der Waals surface area contributed by atoms with E-state index in [1.165, 1.54) is 0 Å². The van der Waals surface area contributed by atoms with Crippen LogP contribution < -0.4 is 10.1 Å². The van der Waals surface area contributed by atoms with Gasteiger partial charge in [0.1, 0.15) is 17.6 Å².